The van der Waals surface area contributed by atoms with Crippen LogP contribution in [0.1, 0.15) is 84.5 Å². The van der Waals surface area contributed by atoms with Gasteiger partial charge in [0.15, 0.2) is 0 Å². The van der Waals surface area contributed by atoms with Crippen molar-refractivity contribution < 1.29 is 46.7 Å². The van der Waals surface area contributed by atoms with E-state index in [2.05, 4.69) is 18.0 Å². The molecule has 0 rings (SSSR count). The predicted molar refractivity (Wildman–Crippen MR) is 76.7 cm³/mol. The van der Waals surface area contributed by atoms with Crippen molar-refractivity contribution in [2.45, 2.75) is 90.6 Å². The summed E-state index contributed by atoms with van der Waals surface area (Å²) in [5, 5.41) is 0. The summed E-state index contributed by atoms with van der Waals surface area (Å²) in [5.41, 5.74) is 0. The van der Waals surface area contributed by atoms with Crippen LogP contribution in [-0.2, 0) is 14.6 Å². The third-order valence-electron chi connectivity index (χ3n) is 3.26. The molecular formula is C14H29NaO4S. The molecule has 116 valence electrons. The van der Waals surface area contributed by atoms with E-state index in [1.54, 1.807) is 0 Å². The fraction of sp³-hybridized carbons (Fsp3) is 1.00. The van der Waals surface area contributed by atoms with Crippen LogP contribution in [0, 0.1) is 0 Å². The quantitative estimate of drug-likeness (QED) is 0.221. The van der Waals surface area contributed by atoms with Crippen LogP contribution in [0.4, 0.5) is 0 Å². The molecule has 1 atom stereocenters. The van der Waals surface area contributed by atoms with Gasteiger partial charge < -0.3 is 4.55 Å². The van der Waals surface area contributed by atoms with E-state index in [0.717, 1.165) is 32.1 Å². The van der Waals surface area contributed by atoms with E-state index >= 15 is 0 Å². The van der Waals surface area contributed by atoms with Crippen LogP contribution in [-0.4, -0.2) is 19.1 Å². The molecule has 0 amide bonds. The zero-order chi connectivity index (χ0) is 14.6. The summed E-state index contributed by atoms with van der Waals surface area (Å²) in [5.74, 6) is 0. The molecule has 0 heterocycles. The van der Waals surface area contributed by atoms with Gasteiger partial charge in [0, 0.05) is 0 Å². The van der Waals surface area contributed by atoms with Gasteiger partial charge in [0.25, 0.3) is 0 Å². The Kier molecular flexibility index (Phi) is 17.1. The van der Waals surface area contributed by atoms with E-state index in [0.29, 0.717) is 12.8 Å². The van der Waals surface area contributed by atoms with Crippen LogP contribution < -0.4 is 29.6 Å². The Hall–Kier alpha value is 0.870. The first-order valence-corrected chi connectivity index (χ1v) is 8.97. The largest absolute Gasteiger partial charge is 1.00 e. The fourth-order valence-electron chi connectivity index (χ4n) is 2.18. The van der Waals surface area contributed by atoms with Gasteiger partial charge >= 0.3 is 29.6 Å². The van der Waals surface area contributed by atoms with Gasteiger partial charge in [0.1, 0.15) is 0 Å². The molecule has 0 aromatic carbocycles. The third-order valence-corrected chi connectivity index (χ3v) is 3.77. The molecule has 0 fully saturated rings. The van der Waals surface area contributed by atoms with Crippen molar-refractivity contribution in [3.63, 3.8) is 0 Å². The van der Waals surface area contributed by atoms with Crippen molar-refractivity contribution in [1.82, 2.24) is 0 Å². The summed E-state index contributed by atoms with van der Waals surface area (Å²) in [6.45, 7) is 4.27. The minimum absolute atomic E-state index is 0. The molecule has 1 unspecified atom stereocenters. The van der Waals surface area contributed by atoms with Gasteiger partial charge in [0.05, 0.1) is 6.10 Å². The van der Waals surface area contributed by atoms with Gasteiger partial charge in [-0.15, -0.1) is 0 Å². The minimum atomic E-state index is -4.56. The van der Waals surface area contributed by atoms with Crippen LogP contribution >= 0.6 is 0 Å². The fourth-order valence-corrected chi connectivity index (χ4v) is 2.71. The zero-order valence-electron chi connectivity index (χ0n) is 13.4. The van der Waals surface area contributed by atoms with Gasteiger partial charge in [-0.2, -0.15) is 0 Å². The van der Waals surface area contributed by atoms with Crippen molar-refractivity contribution in [2.24, 2.45) is 0 Å². The van der Waals surface area contributed by atoms with Crippen molar-refractivity contribution in [1.29, 1.82) is 0 Å². The molecule has 0 saturated carbocycles. The number of rotatable bonds is 13. The summed E-state index contributed by atoms with van der Waals surface area (Å²) in [6, 6.07) is 0. The number of hydrogen-bond acceptors (Lipinski definition) is 4. The second-order valence-electron chi connectivity index (χ2n) is 5.18. The molecule has 4 nitrogen and oxygen atoms in total. The van der Waals surface area contributed by atoms with Crippen molar-refractivity contribution >= 4 is 10.4 Å². The van der Waals surface area contributed by atoms with Crippen molar-refractivity contribution in [3.8, 4) is 0 Å². The molecule has 0 aliphatic carbocycles. The Morgan fingerprint density at radius 3 is 1.75 bits per heavy atom. The average molecular weight is 316 g/mol. The van der Waals surface area contributed by atoms with Crippen LogP contribution in [0.3, 0.4) is 0 Å². The Bertz CT molecular complexity index is 294. The molecule has 0 spiro atoms. The Morgan fingerprint density at radius 1 is 0.850 bits per heavy atom. The molecule has 0 saturated heterocycles. The smallest absolute Gasteiger partial charge is 0.726 e. The number of hydrogen-bond donors (Lipinski definition) is 0. The number of unbranched alkanes of at least 4 members (excludes halogenated alkanes) is 7. The van der Waals surface area contributed by atoms with E-state index in [9.17, 15) is 13.0 Å². The van der Waals surface area contributed by atoms with Crippen LogP contribution in [0.5, 0.6) is 0 Å². The summed E-state index contributed by atoms with van der Waals surface area (Å²) in [7, 11) is -4.56. The minimum Gasteiger partial charge on any atom is -0.726 e. The first kappa shape index (κ1) is 23.1. The molecule has 0 N–H and O–H groups in total. The van der Waals surface area contributed by atoms with Gasteiger partial charge in [-0.3, -0.25) is 4.18 Å². The topological polar surface area (TPSA) is 66.4 Å². The van der Waals surface area contributed by atoms with E-state index in [4.69, 9.17) is 0 Å². The van der Waals surface area contributed by atoms with E-state index < -0.39 is 16.5 Å². The molecule has 6 heteroatoms. The molecule has 0 aliphatic heterocycles. The molecule has 0 aromatic rings. The maximum absolute atomic E-state index is 10.7. The van der Waals surface area contributed by atoms with Crippen LogP contribution in [0.2, 0.25) is 0 Å². The third kappa shape index (κ3) is 16.9. The van der Waals surface area contributed by atoms with E-state index in [-0.39, 0.29) is 29.6 Å². The second-order valence-corrected chi connectivity index (χ2v) is 6.19. The van der Waals surface area contributed by atoms with E-state index in [1.807, 2.05) is 0 Å². The Morgan fingerprint density at radius 2 is 1.25 bits per heavy atom. The SMILES string of the molecule is CCCCCCCCC(CCCCC)OS(=O)(=O)[O-].[Na+]. The van der Waals surface area contributed by atoms with Gasteiger partial charge in [-0.05, 0) is 12.8 Å². The molecule has 0 bridgehead atoms. The first-order chi connectivity index (χ1) is 8.99. The van der Waals surface area contributed by atoms with Crippen LogP contribution in [0.25, 0.3) is 0 Å². The standard InChI is InChI=1S/C14H30O4S.Na/c1-3-5-7-8-9-11-13-14(12-10-6-4-2)18-19(15,16)17;/h14H,3-13H2,1-2H3,(H,15,16,17);/q;+1/p-1. The predicted octanol–water partition coefficient (Wildman–Crippen LogP) is 1.17. The van der Waals surface area contributed by atoms with Gasteiger partial charge in [0.2, 0.25) is 10.4 Å². The zero-order valence-corrected chi connectivity index (χ0v) is 16.2. The molecule has 0 radical (unpaired) electrons. The van der Waals surface area contributed by atoms with Crippen molar-refractivity contribution in [2.75, 3.05) is 0 Å². The normalized spacial score (nSPS) is 12.9. The molecular weight excluding hydrogens is 287 g/mol. The van der Waals surface area contributed by atoms with Gasteiger partial charge in [-0.25, -0.2) is 8.42 Å². The first-order valence-electron chi connectivity index (χ1n) is 7.63. The van der Waals surface area contributed by atoms with E-state index in [1.165, 1.54) is 25.7 Å². The summed E-state index contributed by atoms with van der Waals surface area (Å²) < 4.78 is 36.6. The summed E-state index contributed by atoms with van der Waals surface area (Å²) in [6.07, 6.45) is 10.9. The Balaban J connectivity index is 0. The average Bonchev–Trinajstić information content (AvgIpc) is 2.31. The summed E-state index contributed by atoms with van der Waals surface area (Å²) in [4.78, 5) is 0. The maximum atomic E-state index is 10.7. The Labute approximate surface area is 147 Å². The second kappa shape index (κ2) is 14.8. The van der Waals surface area contributed by atoms with Crippen molar-refractivity contribution in [3.05, 3.63) is 0 Å². The molecule has 20 heavy (non-hydrogen) atoms. The molecule has 0 aliphatic rings. The van der Waals surface area contributed by atoms with Crippen LogP contribution in [0.15, 0.2) is 0 Å². The summed E-state index contributed by atoms with van der Waals surface area (Å²) >= 11 is 0. The molecule has 0 aromatic heterocycles. The maximum Gasteiger partial charge on any atom is 1.00 e. The monoisotopic (exact) mass is 316 g/mol. The van der Waals surface area contributed by atoms with Gasteiger partial charge in [-0.1, -0.05) is 71.6 Å².